The van der Waals surface area contributed by atoms with Gasteiger partial charge in [-0.1, -0.05) is 25.1 Å². The largest absolute Gasteiger partial charge is 0.458 e. The van der Waals surface area contributed by atoms with Crippen molar-refractivity contribution in [1.29, 1.82) is 0 Å². The van der Waals surface area contributed by atoms with Gasteiger partial charge in [0.1, 0.15) is 5.76 Å². The summed E-state index contributed by atoms with van der Waals surface area (Å²) in [6.45, 7) is 4.84. The number of benzene rings is 1. The minimum absolute atomic E-state index is 0.0267. The summed E-state index contributed by atoms with van der Waals surface area (Å²) in [6.07, 6.45) is 1.06. The first-order valence-electron chi connectivity index (χ1n) is 7.29. The fourth-order valence-corrected chi connectivity index (χ4v) is 2.52. The third kappa shape index (κ3) is 2.49. The summed E-state index contributed by atoms with van der Waals surface area (Å²) in [7, 11) is 0. The Morgan fingerprint density at radius 3 is 2.71 bits per heavy atom. The maximum atomic E-state index is 12.3. The Bertz CT molecular complexity index is 783. The number of para-hydroxylation sites is 1. The molecule has 0 fully saturated rings. The number of carbonyl (C=O) groups is 1. The lowest BCUT2D eigenvalue weighted by Crippen LogP contribution is -2.04. The third-order valence-electron chi connectivity index (χ3n) is 3.65. The summed E-state index contributed by atoms with van der Waals surface area (Å²) in [4.78, 5) is 12.3. The zero-order chi connectivity index (χ0) is 14.8. The van der Waals surface area contributed by atoms with Crippen molar-refractivity contribution in [1.82, 2.24) is 9.78 Å². The van der Waals surface area contributed by atoms with Crippen molar-refractivity contribution in [3.63, 3.8) is 0 Å². The van der Waals surface area contributed by atoms with E-state index in [-0.39, 0.29) is 12.2 Å². The average Bonchev–Trinajstić information content (AvgIpc) is 3.12. The van der Waals surface area contributed by atoms with Gasteiger partial charge in [-0.05, 0) is 25.1 Å². The van der Waals surface area contributed by atoms with E-state index in [9.17, 15) is 4.79 Å². The Morgan fingerprint density at radius 1 is 1.19 bits per heavy atom. The van der Waals surface area contributed by atoms with Crippen LogP contribution in [0.3, 0.4) is 0 Å². The highest BCUT2D eigenvalue weighted by molar-refractivity contribution is 5.97. The second-order valence-electron chi connectivity index (χ2n) is 5.00. The van der Waals surface area contributed by atoms with E-state index in [0.29, 0.717) is 5.76 Å². The minimum atomic E-state index is -0.0267. The number of hydrogen-bond donors (Lipinski definition) is 0. The molecule has 0 unspecified atom stereocenters. The molecule has 0 atom stereocenters. The number of aryl methyl sites for hydroxylation is 2. The maximum absolute atomic E-state index is 12.3. The monoisotopic (exact) mass is 282 g/mol. The normalized spacial score (nSPS) is 11.1. The fourth-order valence-electron chi connectivity index (χ4n) is 2.52. The Kier molecular flexibility index (Phi) is 3.60. The van der Waals surface area contributed by atoms with Crippen molar-refractivity contribution in [2.75, 3.05) is 0 Å². The number of hydrogen-bond acceptors (Lipinski definition) is 3. The van der Waals surface area contributed by atoms with Crippen LogP contribution >= 0.6 is 0 Å². The number of furan rings is 1. The lowest BCUT2D eigenvalue weighted by molar-refractivity contribution is 0.0964. The highest BCUT2D eigenvalue weighted by Crippen LogP contribution is 2.20. The van der Waals surface area contributed by atoms with Crippen molar-refractivity contribution in [3.05, 3.63) is 53.6 Å². The van der Waals surface area contributed by atoms with Gasteiger partial charge in [0.05, 0.1) is 17.6 Å². The molecule has 0 aliphatic carbocycles. The van der Waals surface area contributed by atoms with Crippen molar-refractivity contribution >= 4 is 16.7 Å². The number of ketones is 1. The number of Topliss-reactive ketones (excluding diaryl/α,β-unsaturated/α-hetero) is 1. The van der Waals surface area contributed by atoms with Gasteiger partial charge >= 0.3 is 0 Å². The molecule has 0 N–H and O–H groups in total. The van der Waals surface area contributed by atoms with Crippen LogP contribution in [0.5, 0.6) is 0 Å². The van der Waals surface area contributed by atoms with Gasteiger partial charge in [-0.25, -0.2) is 0 Å². The molecule has 0 amide bonds. The van der Waals surface area contributed by atoms with E-state index in [1.54, 1.807) is 6.07 Å². The second kappa shape index (κ2) is 5.56. The van der Waals surface area contributed by atoms with Crippen molar-refractivity contribution < 1.29 is 9.21 Å². The number of aromatic nitrogens is 2. The quantitative estimate of drug-likeness (QED) is 0.671. The van der Waals surface area contributed by atoms with Crippen molar-refractivity contribution in [3.8, 4) is 0 Å². The van der Waals surface area contributed by atoms with Crippen LogP contribution in [-0.2, 0) is 19.4 Å². The van der Waals surface area contributed by atoms with Gasteiger partial charge in [-0.3, -0.25) is 9.48 Å². The summed E-state index contributed by atoms with van der Waals surface area (Å²) < 4.78 is 7.46. The van der Waals surface area contributed by atoms with Crippen molar-refractivity contribution in [2.45, 2.75) is 33.2 Å². The molecule has 2 aromatic heterocycles. The van der Waals surface area contributed by atoms with Crippen molar-refractivity contribution in [2.24, 2.45) is 0 Å². The number of fused-ring (bicyclic) bond motifs is 1. The van der Waals surface area contributed by atoms with Crippen LogP contribution in [0.1, 0.15) is 35.9 Å². The molecule has 21 heavy (non-hydrogen) atoms. The summed E-state index contributed by atoms with van der Waals surface area (Å²) in [6, 6.07) is 11.6. The molecule has 0 spiro atoms. The van der Waals surface area contributed by atoms with E-state index in [1.165, 1.54) is 0 Å². The molecule has 4 heteroatoms. The molecule has 0 saturated heterocycles. The highest BCUT2D eigenvalue weighted by Gasteiger charge is 2.16. The first-order valence-corrected chi connectivity index (χ1v) is 7.29. The van der Waals surface area contributed by atoms with Crippen LogP contribution in [0.2, 0.25) is 0 Å². The lowest BCUT2D eigenvalue weighted by atomic mass is 10.1. The Labute approximate surface area is 123 Å². The number of carbonyl (C=O) groups excluding carboxylic acids is 1. The third-order valence-corrected chi connectivity index (χ3v) is 3.65. The minimum Gasteiger partial charge on any atom is -0.458 e. The average molecular weight is 282 g/mol. The molecule has 108 valence electrons. The molecule has 3 aromatic rings. The summed E-state index contributed by atoms with van der Waals surface area (Å²) in [5.41, 5.74) is 1.88. The van der Waals surface area contributed by atoms with Crippen LogP contribution < -0.4 is 0 Å². The molecule has 1 aromatic carbocycles. The van der Waals surface area contributed by atoms with E-state index >= 15 is 0 Å². The SMILES string of the molecule is CCc1ccc(C(=O)Cc2nn(CC)c3ccccc23)o1. The molecule has 4 nitrogen and oxygen atoms in total. The van der Waals surface area contributed by atoms with Gasteiger partial charge in [0.25, 0.3) is 0 Å². The molecule has 0 aliphatic heterocycles. The number of nitrogens with zero attached hydrogens (tertiary/aromatic N) is 2. The van der Waals surface area contributed by atoms with Gasteiger partial charge in [-0.2, -0.15) is 5.10 Å². The highest BCUT2D eigenvalue weighted by atomic mass is 16.3. The molecule has 3 rings (SSSR count). The topological polar surface area (TPSA) is 48.0 Å². The molecule has 0 radical (unpaired) electrons. The summed E-state index contributed by atoms with van der Waals surface area (Å²) in [5.74, 6) is 1.23. The van der Waals surface area contributed by atoms with E-state index < -0.39 is 0 Å². The fraction of sp³-hybridized carbons (Fsp3) is 0.294. The zero-order valence-corrected chi connectivity index (χ0v) is 12.3. The van der Waals surface area contributed by atoms with Crippen LogP contribution in [0, 0.1) is 0 Å². The first kappa shape index (κ1) is 13.6. The molecule has 2 heterocycles. The van der Waals surface area contributed by atoms with Gasteiger partial charge < -0.3 is 4.42 Å². The maximum Gasteiger partial charge on any atom is 0.204 e. The predicted molar refractivity (Wildman–Crippen MR) is 81.5 cm³/mol. The van der Waals surface area contributed by atoms with Crippen LogP contribution in [0.4, 0.5) is 0 Å². The number of rotatable bonds is 5. The standard InChI is InChI=1S/C17H18N2O2/c1-3-12-9-10-17(21-12)16(20)11-14-13-7-5-6-8-15(13)19(4-2)18-14/h5-10H,3-4,11H2,1-2H3. The second-order valence-corrected chi connectivity index (χ2v) is 5.00. The van der Waals surface area contributed by atoms with Crippen LogP contribution in [0.15, 0.2) is 40.8 Å². The van der Waals surface area contributed by atoms with Crippen LogP contribution in [0.25, 0.3) is 10.9 Å². The van der Waals surface area contributed by atoms with E-state index in [2.05, 4.69) is 5.10 Å². The van der Waals surface area contributed by atoms with Gasteiger partial charge in [0.15, 0.2) is 5.76 Å². The van der Waals surface area contributed by atoms with Crippen LogP contribution in [-0.4, -0.2) is 15.6 Å². The molecule has 0 aliphatic rings. The van der Waals surface area contributed by atoms with Gasteiger partial charge in [0.2, 0.25) is 5.78 Å². The predicted octanol–water partition coefficient (Wildman–Crippen LogP) is 3.64. The lowest BCUT2D eigenvalue weighted by Gasteiger charge is -1.96. The molecule has 0 saturated carbocycles. The van der Waals surface area contributed by atoms with Gasteiger partial charge in [0, 0.05) is 18.4 Å². The first-order chi connectivity index (χ1) is 10.2. The summed E-state index contributed by atoms with van der Waals surface area (Å²) in [5, 5.41) is 5.59. The van der Waals surface area contributed by atoms with E-state index in [1.807, 2.05) is 48.9 Å². The van der Waals surface area contributed by atoms with Gasteiger partial charge in [-0.15, -0.1) is 0 Å². The molecular formula is C17H18N2O2. The smallest absolute Gasteiger partial charge is 0.204 e. The summed E-state index contributed by atoms with van der Waals surface area (Å²) >= 11 is 0. The van der Waals surface area contributed by atoms with E-state index in [0.717, 1.165) is 35.3 Å². The zero-order valence-electron chi connectivity index (χ0n) is 12.3. The Hall–Kier alpha value is -2.36. The Morgan fingerprint density at radius 2 is 2.00 bits per heavy atom. The Balaban J connectivity index is 1.92. The molecular weight excluding hydrogens is 264 g/mol. The van der Waals surface area contributed by atoms with E-state index in [4.69, 9.17) is 4.42 Å². The molecule has 0 bridgehead atoms.